The largest absolute Gasteiger partial charge is 0.157 e. The molecule has 0 rings (SSSR count). The fourth-order valence-corrected chi connectivity index (χ4v) is 13.1. The molecule has 0 aromatic rings. The summed E-state index contributed by atoms with van der Waals surface area (Å²) in [6.07, 6.45) is 21.9. The molecule has 0 heterocycles. The van der Waals surface area contributed by atoms with E-state index in [2.05, 4.69) is 195 Å². The van der Waals surface area contributed by atoms with E-state index in [-0.39, 0.29) is 0 Å². The smallest absolute Gasteiger partial charge is 0.130 e. The van der Waals surface area contributed by atoms with Gasteiger partial charge < -0.3 is 0 Å². The van der Waals surface area contributed by atoms with Gasteiger partial charge in [0.2, 0.25) is 0 Å². The van der Waals surface area contributed by atoms with Crippen molar-refractivity contribution in [2.24, 2.45) is 0 Å². The first-order chi connectivity index (χ1) is 28.7. The van der Waals surface area contributed by atoms with Gasteiger partial charge in [0.25, 0.3) is 0 Å². The Kier molecular flexibility index (Phi) is 50.3. The second-order valence-electron chi connectivity index (χ2n) is 17.6. The van der Waals surface area contributed by atoms with Crippen LogP contribution < -0.4 is 0 Å². The molecule has 0 aromatic carbocycles. The summed E-state index contributed by atoms with van der Waals surface area (Å²) in [6.45, 7) is 81.9. The third-order valence-electron chi connectivity index (χ3n) is 10.5. The van der Waals surface area contributed by atoms with E-state index in [1.54, 1.807) is 0 Å². The van der Waals surface area contributed by atoms with Crippen LogP contribution in [-0.4, -0.2) is 56.5 Å². The van der Waals surface area contributed by atoms with E-state index in [1.807, 2.05) is 80.9 Å². The quantitative estimate of drug-likeness (QED) is 0.0486. The van der Waals surface area contributed by atoms with Crippen LogP contribution in [0, 0.1) is 24.3 Å². The van der Waals surface area contributed by atoms with Gasteiger partial charge in [-0.05, 0) is 36.3 Å². The average molecular weight is 956 g/mol. The SMILES string of the molecule is C#CC[Si](C)(C)C=C.C#C[Si](C)(C=C)CC.C=CC[Si](C)(CC=C)CC=C.C=CC[Si](C)(CC=C)CCC.C=C[Si](C)(C)C=C.C=C[Si](C)(C=C)C=C.C=C[Si](C=C)(C=C)C=C. The summed E-state index contributed by atoms with van der Waals surface area (Å²) >= 11 is 0. The van der Waals surface area contributed by atoms with E-state index in [1.165, 1.54) is 42.7 Å². The summed E-state index contributed by atoms with van der Waals surface area (Å²) in [6, 6.07) is 9.43. The van der Waals surface area contributed by atoms with Crippen molar-refractivity contribution in [1.29, 1.82) is 0 Å². The Balaban J connectivity index is -0.000000115. The molecule has 0 bridgehead atoms. The van der Waals surface area contributed by atoms with Crippen LogP contribution in [0.3, 0.4) is 0 Å². The molecule has 0 fully saturated rings. The fourth-order valence-electron chi connectivity index (χ4n) is 4.36. The van der Waals surface area contributed by atoms with Gasteiger partial charge in [0.1, 0.15) is 16.1 Å². The summed E-state index contributed by atoms with van der Waals surface area (Å²) in [4.78, 5) is 0. The highest BCUT2D eigenvalue weighted by atomic mass is 28.3. The minimum atomic E-state index is -1.64. The highest BCUT2D eigenvalue weighted by Gasteiger charge is 2.22. The molecule has 0 amide bonds. The first-order valence-corrected chi connectivity index (χ1v) is 42.2. The van der Waals surface area contributed by atoms with Gasteiger partial charge in [-0.25, -0.2) is 0 Å². The normalized spacial score (nSPS) is 11.2. The maximum absolute atomic E-state index is 5.27. The molecule has 0 aliphatic rings. The average Bonchev–Trinajstić information content (AvgIpc) is 3.26. The number of terminal acetylenes is 2. The molecule has 7 heteroatoms. The van der Waals surface area contributed by atoms with Gasteiger partial charge in [0, 0.05) is 6.04 Å². The maximum Gasteiger partial charge on any atom is 0.157 e. The summed E-state index contributed by atoms with van der Waals surface area (Å²) < 4.78 is 0. The molecule has 0 saturated heterocycles. The Bertz CT molecular complexity index is 1370. The Hall–Kier alpha value is -3.52. The predicted octanol–water partition coefficient (Wildman–Crippen LogP) is 18.2. The number of rotatable bonds is 25. The van der Waals surface area contributed by atoms with Gasteiger partial charge in [0.15, 0.2) is 8.07 Å². The van der Waals surface area contributed by atoms with Gasteiger partial charge in [-0.1, -0.05) is 166 Å². The lowest BCUT2D eigenvalue weighted by atomic mass is 10.6. The van der Waals surface area contributed by atoms with Crippen LogP contribution in [0.15, 0.2) is 198 Å². The van der Waals surface area contributed by atoms with Crippen LogP contribution in [0.4, 0.5) is 0 Å². The Labute approximate surface area is 397 Å². The molecular weight excluding hydrogens is 857 g/mol. The molecule has 0 aliphatic carbocycles. The summed E-state index contributed by atoms with van der Waals surface area (Å²) in [5, 5.41) is 0. The third kappa shape index (κ3) is 43.1. The predicted molar refractivity (Wildman–Crippen MR) is 322 cm³/mol. The Morgan fingerprint density at radius 2 is 0.742 bits per heavy atom. The van der Waals surface area contributed by atoms with Crippen molar-refractivity contribution in [2.75, 3.05) is 0 Å². The zero-order valence-electron chi connectivity index (χ0n) is 42.6. The first-order valence-electron chi connectivity index (χ1n) is 21.7. The molecule has 1 atom stereocenters. The van der Waals surface area contributed by atoms with Crippen LogP contribution in [0.5, 0.6) is 0 Å². The lowest BCUT2D eigenvalue weighted by Crippen LogP contribution is -2.27. The number of hydrogen-bond donors (Lipinski definition) is 0. The molecular formula is C55H98Si7. The molecule has 0 N–H and O–H groups in total. The van der Waals surface area contributed by atoms with E-state index in [9.17, 15) is 0 Å². The Morgan fingerprint density at radius 1 is 0.419 bits per heavy atom. The standard InChI is InChI=1S/C10H20Si.C10H18Si.C8H12Si.3C7H12Si.C6H12Si/c2*1-5-8-11(4,9-6-2)10-7-3;1-5-9(6-2,7-3)8-4;1-5-7-8(3,4)6-2;2*1-5-8(4,6-2)7-3;1-5-7(3,4)6-2/h5-6H,1-2,7-10H2,3-4H3;5-7H,1-3,8-10H2,4H3;5-8H,1-4H2;1,6H,2,7H2,3-4H3;5-7H,1-3H2,4H3;1,6H,2,7H2,3-4H3;5-6H,1-2H2,3-4H3. The van der Waals surface area contributed by atoms with Gasteiger partial charge in [-0.15, -0.1) is 135 Å². The van der Waals surface area contributed by atoms with E-state index in [0.29, 0.717) is 0 Å². The molecule has 0 nitrogen and oxygen atoms in total. The summed E-state index contributed by atoms with van der Waals surface area (Å²) in [5.74, 6) is 2.65. The second kappa shape index (κ2) is 42.8. The monoisotopic (exact) mass is 955 g/mol. The molecule has 0 saturated carbocycles. The van der Waals surface area contributed by atoms with Crippen LogP contribution in [0.25, 0.3) is 0 Å². The zero-order valence-corrected chi connectivity index (χ0v) is 49.6. The van der Waals surface area contributed by atoms with Crippen molar-refractivity contribution in [3.8, 4) is 24.3 Å². The summed E-state index contributed by atoms with van der Waals surface area (Å²) in [7, 11) is -8.76. The third-order valence-corrected chi connectivity index (χ3v) is 31.4. The van der Waals surface area contributed by atoms with Crippen LogP contribution in [-0.2, 0) is 0 Å². The van der Waals surface area contributed by atoms with Crippen molar-refractivity contribution >= 4 is 56.5 Å². The van der Waals surface area contributed by atoms with Crippen molar-refractivity contribution in [2.45, 2.75) is 121 Å². The van der Waals surface area contributed by atoms with Crippen LogP contribution in [0.1, 0.15) is 20.3 Å². The maximum atomic E-state index is 5.27. The van der Waals surface area contributed by atoms with Gasteiger partial charge in [-0.3, -0.25) is 0 Å². The van der Waals surface area contributed by atoms with Crippen LogP contribution >= 0.6 is 0 Å². The highest BCUT2D eigenvalue weighted by Crippen LogP contribution is 2.23. The molecule has 0 aromatic heterocycles. The van der Waals surface area contributed by atoms with Crippen molar-refractivity contribution in [1.82, 2.24) is 0 Å². The van der Waals surface area contributed by atoms with Crippen molar-refractivity contribution in [3.05, 3.63) is 198 Å². The Morgan fingerprint density at radius 3 is 0.839 bits per heavy atom. The van der Waals surface area contributed by atoms with Gasteiger partial charge in [0.05, 0.1) is 32.3 Å². The first kappa shape index (κ1) is 72.9. The number of allylic oxidation sites excluding steroid dienone is 5. The minimum Gasteiger partial charge on any atom is -0.130 e. The summed E-state index contributed by atoms with van der Waals surface area (Å²) in [5.41, 5.74) is 24.2. The molecule has 0 spiro atoms. The van der Waals surface area contributed by atoms with E-state index in [4.69, 9.17) is 12.8 Å². The topological polar surface area (TPSA) is 0 Å². The lowest BCUT2D eigenvalue weighted by molar-refractivity contribution is 1.03. The number of hydrogen-bond acceptors (Lipinski definition) is 0. The lowest BCUT2D eigenvalue weighted by Gasteiger charge is -2.23. The highest BCUT2D eigenvalue weighted by molar-refractivity contribution is 6.97. The minimum absolute atomic E-state index is 0.913. The van der Waals surface area contributed by atoms with E-state index >= 15 is 0 Å². The fraction of sp³-hybridized carbons (Fsp3) is 0.345. The second-order valence-corrected chi connectivity index (χ2v) is 48.4. The zero-order chi connectivity index (χ0) is 50.6. The van der Waals surface area contributed by atoms with E-state index in [0.717, 1.165) is 12.1 Å². The molecule has 1 unspecified atom stereocenters. The molecule has 0 radical (unpaired) electrons. The van der Waals surface area contributed by atoms with Gasteiger partial charge in [-0.2, -0.15) is 0 Å². The molecule has 0 aliphatic heterocycles. The molecule has 62 heavy (non-hydrogen) atoms. The van der Waals surface area contributed by atoms with Crippen molar-refractivity contribution in [3.63, 3.8) is 0 Å². The van der Waals surface area contributed by atoms with Crippen molar-refractivity contribution < 1.29 is 0 Å². The van der Waals surface area contributed by atoms with Gasteiger partial charge >= 0.3 is 0 Å². The van der Waals surface area contributed by atoms with Crippen LogP contribution in [0.2, 0.25) is 101 Å². The molecule has 346 valence electrons. The van der Waals surface area contributed by atoms with E-state index < -0.39 is 56.5 Å².